The van der Waals surface area contributed by atoms with Crippen molar-refractivity contribution in [2.75, 3.05) is 26.2 Å². The summed E-state index contributed by atoms with van der Waals surface area (Å²) < 4.78 is 25.6. The molecule has 2 saturated heterocycles. The fourth-order valence-corrected chi connectivity index (χ4v) is 1.98. The van der Waals surface area contributed by atoms with Gasteiger partial charge in [-0.1, -0.05) is 0 Å². The van der Waals surface area contributed by atoms with Crippen LogP contribution in [-0.4, -0.2) is 54.4 Å². The Balaban J connectivity index is 1.89. The Hall–Kier alpha value is -0.870. The highest BCUT2D eigenvalue weighted by Crippen LogP contribution is 2.18. The normalized spacial score (nSPS) is 32.7. The van der Waals surface area contributed by atoms with Gasteiger partial charge in [0, 0.05) is 13.1 Å². The number of carbonyl (C=O) groups excluding carboxylic acids is 1. The van der Waals surface area contributed by atoms with Crippen LogP contribution in [0, 0.1) is 0 Å². The van der Waals surface area contributed by atoms with E-state index in [9.17, 15) is 13.6 Å². The third kappa shape index (κ3) is 1.81. The lowest BCUT2D eigenvalue weighted by Crippen LogP contribution is -2.41. The van der Waals surface area contributed by atoms with E-state index in [4.69, 9.17) is 0 Å². The first-order valence-corrected chi connectivity index (χ1v) is 4.99. The summed E-state index contributed by atoms with van der Waals surface area (Å²) in [7, 11) is 0. The van der Waals surface area contributed by atoms with Gasteiger partial charge in [-0.25, -0.2) is 13.6 Å². The third-order valence-electron chi connectivity index (χ3n) is 2.80. The molecule has 80 valence electrons. The van der Waals surface area contributed by atoms with Gasteiger partial charge in [0.2, 0.25) is 0 Å². The van der Waals surface area contributed by atoms with Crippen molar-refractivity contribution in [3.05, 3.63) is 0 Å². The molecule has 0 saturated carbocycles. The number of amides is 2. The molecule has 2 fully saturated rings. The van der Waals surface area contributed by atoms with Crippen molar-refractivity contribution in [1.82, 2.24) is 9.80 Å². The topological polar surface area (TPSA) is 23.6 Å². The second-order valence-corrected chi connectivity index (χ2v) is 3.95. The number of nitrogens with zero attached hydrogens (tertiary/aromatic N) is 2. The molecular formula is C9H14F2N2O. The Morgan fingerprint density at radius 1 is 1.00 bits per heavy atom. The average Bonchev–Trinajstić information content (AvgIpc) is 2.73. The van der Waals surface area contributed by atoms with Gasteiger partial charge >= 0.3 is 6.03 Å². The van der Waals surface area contributed by atoms with Crippen LogP contribution in [0.15, 0.2) is 0 Å². The highest BCUT2D eigenvalue weighted by Gasteiger charge is 2.32. The monoisotopic (exact) mass is 204 g/mol. The lowest BCUT2D eigenvalue weighted by Gasteiger charge is -2.23. The van der Waals surface area contributed by atoms with E-state index in [2.05, 4.69) is 0 Å². The quantitative estimate of drug-likeness (QED) is 0.581. The van der Waals surface area contributed by atoms with Crippen LogP contribution in [0.25, 0.3) is 0 Å². The largest absolute Gasteiger partial charge is 0.322 e. The first-order chi connectivity index (χ1) is 6.66. The highest BCUT2D eigenvalue weighted by atomic mass is 19.1. The number of hydrogen-bond acceptors (Lipinski definition) is 1. The van der Waals surface area contributed by atoms with Crippen LogP contribution in [-0.2, 0) is 0 Å². The van der Waals surface area contributed by atoms with Crippen LogP contribution in [0.2, 0.25) is 0 Å². The Morgan fingerprint density at radius 2 is 1.43 bits per heavy atom. The molecule has 2 aliphatic rings. The summed E-state index contributed by atoms with van der Waals surface area (Å²) in [6, 6.07) is -0.203. The van der Waals surface area contributed by atoms with Gasteiger partial charge in [0.1, 0.15) is 12.3 Å². The molecule has 2 atom stereocenters. The summed E-state index contributed by atoms with van der Waals surface area (Å²) >= 11 is 0. The Morgan fingerprint density at radius 3 is 1.71 bits per heavy atom. The molecule has 2 rings (SSSR count). The summed E-state index contributed by atoms with van der Waals surface area (Å²) in [6.07, 6.45) is -0.970. The molecule has 0 spiro atoms. The smallest absolute Gasteiger partial charge is 0.320 e. The van der Waals surface area contributed by atoms with E-state index < -0.39 is 12.3 Å². The molecule has 0 radical (unpaired) electrons. The van der Waals surface area contributed by atoms with Crippen molar-refractivity contribution in [3.63, 3.8) is 0 Å². The van der Waals surface area contributed by atoms with E-state index in [0.29, 0.717) is 25.9 Å². The third-order valence-corrected chi connectivity index (χ3v) is 2.80. The molecule has 0 aromatic rings. The van der Waals surface area contributed by atoms with Gasteiger partial charge in [-0.2, -0.15) is 0 Å². The number of likely N-dealkylation sites (tertiary alicyclic amines) is 2. The van der Waals surface area contributed by atoms with Gasteiger partial charge in [0.25, 0.3) is 0 Å². The van der Waals surface area contributed by atoms with Gasteiger partial charge in [0.15, 0.2) is 0 Å². The standard InChI is InChI=1S/C9H14F2N2O/c10-7-1-3-12(5-7)9(14)13-4-2-8(11)6-13/h7-8H,1-6H2/t7-,8-/m0/s1. The van der Waals surface area contributed by atoms with E-state index in [1.165, 1.54) is 9.80 Å². The maximum atomic E-state index is 12.8. The van der Waals surface area contributed by atoms with Gasteiger partial charge in [-0.05, 0) is 12.8 Å². The van der Waals surface area contributed by atoms with Crippen molar-refractivity contribution < 1.29 is 13.6 Å². The molecule has 0 unspecified atom stereocenters. The van der Waals surface area contributed by atoms with E-state index in [1.54, 1.807) is 0 Å². The van der Waals surface area contributed by atoms with Crippen LogP contribution < -0.4 is 0 Å². The molecule has 14 heavy (non-hydrogen) atoms. The molecule has 0 aromatic heterocycles. The zero-order valence-corrected chi connectivity index (χ0v) is 7.96. The molecule has 0 N–H and O–H groups in total. The van der Waals surface area contributed by atoms with E-state index in [0.717, 1.165) is 0 Å². The molecule has 2 aliphatic heterocycles. The molecule has 3 nitrogen and oxygen atoms in total. The van der Waals surface area contributed by atoms with Crippen molar-refractivity contribution in [3.8, 4) is 0 Å². The van der Waals surface area contributed by atoms with Gasteiger partial charge in [0.05, 0.1) is 13.1 Å². The lowest BCUT2D eigenvalue weighted by molar-refractivity contribution is 0.166. The Kier molecular flexibility index (Phi) is 2.56. The summed E-state index contributed by atoms with van der Waals surface area (Å²) in [5, 5.41) is 0. The molecule has 2 amide bonds. The van der Waals surface area contributed by atoms with Crippen molar-refractivity contribution in [2.45, 2.75) is 25.2 Å². The number of rotatable bonds is 0. The summed E-state index contributed by atoms with van der Waals surface area (Å²) in [6.45, 7) is 1.28. The Labute approximate surface area is 81.7 Å². The first-order valence-electron chi connectivity index (χ1n) is 4.99. The van der Waals surface area contributed by atoms with E-state index >= 15 is 0 Å². The zero-order chi connectivity index (χ0) is 10.1. The maximum Gasteiger partial charge on any atom is 0.320 e. The maximum absolute atomic E-state index is 12.8. The molecule has 2 heterocycles. The second-order valence-electron chi connectivity index (χ2n) is 3.95. The summed E-state index contributed by atoms with van der Waals surface area (Å²) in [5.74, 6) is 0. The fourth-order valence-electron chi connectivity index (χ4n) is 1.98. The molecule has 0 bridgehead atoms. The van der Waals surface area contributed by atoms with E-state index in [-0.39, 0.29) is 19.1 Å². The van der Waals surface area contributed by atoms with Crippen LogP contribution >= 0.6 is 0 Å². The zero-order valence-electron chi connectivity index (χ0n) is 7.96. The average molecular weight is 204 g/mol. The second kappa shape index (κ2) is 3.71. The first kappa shape index (κ1) is 9.68. The van der Waals surface area contributed by atoms with Crippen LogP contribution in [0.4, 0.5) is 13.6 Å². The van der Waals surface area contributed by atoms with Crippen LogP contribution in [0.1, 0.15) is 12.8 Å². The van der Waals surface area contributed by atoms with Gasteiger partial charge in [-0.3, -0.25) is 0 Å². The number of halogens is 2. The summed E-state index contributed by atoms with van der Waals surface area (Å²) in [5.41, 5.74) is 0. The number of hydrogen-bond donors (Lipinski definition) is 0. The highest BCUT2D eigenvalue weighted by molar-refractivity contribution is 5.75. The van der Waals surface area contributed by atoms with Crippen molar-refractivity contribution in [1.29, 1.82) is 0 Å². The summed E-state index contributed by atoms with van der Waals surface area (Å²) in [4.78, 5) is 14.6. The SMILES string of the molecule is O=C(N1CC[C@H](F)C1)N1CC[C@H](F)C1. The van der Waals surface area contributed by atoms with E-state index in [1.807, 2.05) is 0 Å². The molecule has 0 aromatic carbocycles. The van der Waals surface area contributed by atoms with Gasteiger partial charge in [-0.15, -0.1) is 0 Å². The molecule has 5 heteroatoms. The minimum atomic E-state index is -0.900. The lowest BCUT2D eigenvalue weighted by atomic mass is 10.3. The van der Waals surface area contributed by atoms with Gasteiger partial charge < -0.3 is 9.80 Å². The number of carbonyl (C=O) groups is 1. The number of alkyl halides is 2. The minimum Gasteiger partial charge on any atom is -0.322 e. The predicted octanol–water partition coefficient (Wildman–Crippen LogP) is 1.19. The minimum absolute atomic E-state index is 0.173. The predicted molar refractivity (Wildman–Crippen MR) is 47.6 cm³/mol. The van der Waals surface area contributed by atoms with Crippen molar-refractivity contribution >= 4 is 6.03 Å². The molecule has 0 aliphatic carbocycles. The van der Waals surface area contributed by atoms with Crippen LogP contribution in [0.3, 0.4) is 0 Å². The molecular weight excluding hydrogens is 190 g/mol. The van der Waals surface area contributed by atoms with Crippen molar-refractivity contribution in [2.24, 2.45) is 0 Å². The fraction of sp³-hybridized carbons (Fsp3) is 0.889. The number of urea groups is 1. The van der Waals surface area contributed by atoms with Crippen LogP contribution in [0.5, 0.6) is 0 Å². The Bertz CT molecular complexity index is 215.